The van der Waals surface area contributed by atoms with Gasteiger partial charge in [-0.3, -0.25) is 4.79 Å². The summed E-state index contributed by atoms with van der Waals surface area (Å²) in [4.78, 5) is 14.3. The number of nitrogens with two attached hydrogens (primary N) is 1. The van der Waals surface area contributed by atoms with E-state index in [2.05, 4.69) is 11.4 Å². The number of fused-ring (bicyclic) bond motifs is 5. The van der Waals surface area contributed by atoms with Crippen LogP contribution >= 0.6 is 23.4 Å². The van der Waals surface area contributed by atoms with Gasteiger partial charge in [-0.1, -0.05) is 29.8 Å². The average molecular weight is 394 g/mol. The van der Waals surface area contributed by atoms with Crippen molar-refractivity contribution in [3.8, 4) is 6.07 Å². The van der Waals surface area contributed by atoms with Gasteiger partial charge in [-0.05, 0) is 24.3 Å². The van der Waals surface area contributed by atoms with Gasteiger partial charge in [0, 0.05) is 38.1 Å². The fourth-order valence-corrected chi connectivity index (χ4v) is 5.31. The minimum Gasteiger partial charge on any atom is -0.440 e. The van der Waals surface area contributed by atoms with E-state index in [0.717, 1.165) is 21.6 Å². The van der Waals surface area contributed by atoms with E-state index in [1.165, 1.54) is 0 Å². The Kier molecular flexibility index (Phi) is 3.36. The molecule has 7 heteroatoms. The molecular weight excluding hydrogens is 382 g/mol. The van der Waals surface area contributed by atoms with Crippen LogP contribution in [0, 0.1) is 11.3 Å². The quantitative estimate of drug-likeness (QED) is 0.711. The second-order valence-electron chi connectivity index (χ2n) is 6.44. The Morgan fingerprint density at radius 1 is 1.30 bits per heavy atom. The standard InChI is InChI=1S/C20H12ClN3O2S/c21-10-5-6-16-11(7-10)17-14(9-27-16)20(13(8-22)18(23)26-17)12-3-1-2-4-15(12)24-19(20)25/h1-7H,9,23H2,(H,24,25). The van der Waals surface area contributed by atoms with Crippen LogP contribution in [0.4, 0.5) is 5.69 Å². The number of thioether (sulfide) groups is 1. The second kappa shape index (κ2) is 5.56. The molecule has 0 radical (unpaired) electrons. The molecule has 3 heterocycles. The SMILES string of the molecule is N#CC1=C(N)OC2=C(CSc3ccc(Cl)cc32)C12C(=O)Nc1ccccc12. The van der Waals surface area contributed by atoms with E-state index >= 15 is 0 Å². The van der Waals surface area contributed by atoms with Crippen molar-refractivity contribution in [3.05, 3.63) is 75.6 Å². The van der Waals surface area contributed by atoms with Crippen LogP contribution in [0.1, 0.15) is 11.1 Å². The minimum absolute atomic E-state index is 0.0547. The van der Waals surface area contributed by atoms with Gasteiger partial charge in [-0.2, -0.15) is 5.26 Å². The number of para-hydroxylation sites is 1. The van der Waals surface area contributed by atoms with Crippen LogP contribution in [0.15, 0.2) is 64.4 Å². The van der Waals surface area contributed by atoms with E-state index in [1.54, 1.807) is 17.8 Å². The Bertz CT molecular complexity index is 1150. The van der Waals surface area contributed by atoms with Crippen LogP contribution in [0.5, 0.6) is 0 Å². The smallest absolute Gasteiger partial charge is 0.244 e. The van der Waals surface area contributed by atoms with E-state index in [1.807, 2.05) is 36.4 Å². The molecule has 0 bridgehead atoms. The molecule has 1 atom stereocenters. The number of hydrogen-bond donors (Lipinski definition) is 2. The van der Waals surface area contributed by atoms with Crippen LogP contribution in [0.3, 0.4) is 0 Å². The van der Waals surface area contributed by atoms with Crippen molar-refractivity contribution in [2.75, 3.05) is 11.1 Å². The number of nitrogens with zero attached hydrogens (tertiary/aromatic N) is 1. The molecule has 3 aliphatic rings. The first-order chi connectivity index (χ1) is 13.1. The zero-order valence-electron chi connectivity index (χ0n) is 13.9. The Hall–Kier alpha value is -2.88. The normalized spacial score (nSPS) is 22.6. The first-order valence-corrected chi connectivity index (χ1v) is 9.59. The summed E-state index contributed by atoms with van der Waals surface area (Å²) >= 11 is 7.78. The molecule has 0 aliphatic carbocycles. The number of nitrogens with one attached hydrogen (secondary N) is 1. The highest BCUT2D eigenvalue weighted by atomic mass is 35.5. The third-order valence-electron chi connectivity index (χ3n) is 5.15. The van der Waals surface area contributed by atoms with Gasteiger partial charge in [0.25, 0.3) is 0 Å². The summed E-state index contributed by atoms with van der Waals surface area (Å²) in [7, 11) is 0. The van der Waals surface area contributed by atoms with Gasteiger partial charge in [0.1, 0.15) is 22.8 Å². The molecule has 27 heavy (non-hydrogen) atoms. The monoisotopic (exact) mass is 393 g/mol. The molecule has 5 nitrogen and oxygen atoms in total. The number of benzene rings is 2. The van der Waals surface area contributed by atoms with E-state index < -0.39 is 5.41 Å². The highest BCUT2D eigenvalue weighted by Gasteiger charge is 2.58. The summed E-state index contributed by atoms with van der Waals surface area (Å²) in [5.74, 6) is 0.671. The first kappa shape index (κ1) is 16.3. The zero-order valence-corrected chi connectivity index (χ0v) is 15.4. The van der Waals surface area contributed by atoms with Crippen molar-refractivity contribution >= 4 is 40.7 Å². The Balaban J connectivity index is 1.88. The molecule has 0 saturated carbocycles. The lowest BCUT2D eigenvalue weighted by Crippen LogP contribution is -2.44. The number of ether oxygens (including phenoxy) is 1. The van der Waals surface area contributed by atoms with E-state index in [0.29, 0.717) is 22.2 Å². The molecule has 2 aromatic carbocycles. The third-order valence-corrected chi connectivity index (χ3v) is 6.49. The number of amides is 1. The Morgan fingerprint density at radius 2 is 2.11 bits per heavy atom. The molecule has 0 aromatic heterocycles. The van der Waals surface area contributed by atoms with Crippen molar-refractivity contribution in [1.82, 2.24) is 0 Å². The zero-order chi connectivity index (χ0) is 18.8. The second-order valence-corrected chi connectivity index (χ2v) is 7.89. The van der Waals surface area contributed by atoms with Crippen molar-refractivity contribution in [1.29, 1.82) is 5.26 Å². The molecule has 1 unspecified atom stereocenters. The predicted octanol–water partition coefficient (Wildman–Crippen LogP) is 3.77. The van der Waals surface area contributed by atoms with Crippen LogP contribution in [-0.2, 0) is 14.9 Å². The molecule has 1 amide bonds. The molecule has 2 aromatic rings. The van der Waals surface area contributed by atoms with Crippen LogP contribution in [-0.4, -0.2) is 11.7 Å². The molecule has 0 saturated heterocycles. The van der Waals surface area contributed by atoms with Gasteiger partial charge >= 0.3 is 0 Å². The molecule has 5 rings (SSSR count). The van der Waals surface area contributed by atoms with Crippen molar-refractivity contribution in [2.24, 2.45) is 5.73 Å². The molecule has 1 spiro atoms. The number of rotatable bonds is 0. The first-order valence-electron chi connectivity index (χ1n) is 8.23. The van der Waals surface area contributed by atoms with Gasteiger partial charge in [0.05, 0.1) is 0 Å². The van der Waals surface area contributed by atoms with E-state index in [9.17, 15) is 10.1 Å². The maximum absolute atomic E-state index is 13.3. The Labute approximate surface area is 164 Å². The van der Waals surface area contributed by atoms with Gasteiger partial charge < -0.3 is 15.8 Å². The number of halogens is 1. The van der Waals surface area contributed by atoms with Crippen LogP contribution in [0.2, 0.25) is 5.02 Å². The fourth-order valence-electron chi connectivity index (χ4n) is 4.02. The number of hydrogen-bond acceptors (Lipinski definition) is 5. The summed E-state index contributed by atoms with van der Waals surface area (Å²) in [6.45, 7) is 0. The Morgan fingerprint density at radius 3 is 2.93 bits per heavy atom. The van der Waals surface area contributed by atoms with Crippen molar-refractivity contribution in [3.63, 3.8) is 0 Å². The van der Waals surface area contributed by atoms with Gasteiger partial charge in [-0.25, -0.2) is 0 Å². The average Bonchev–Trinajstić information content (AvgIpc) is 2.95. The van der Waals surface area contributed by atoms with E-state index in [4.69, 9.17) is 22.1 Å². The lowest BCUT2D eigenvalue weighted by Gasteiger charge is -2.38. The largest absolute Gasteiger partial charge is 0.440 e. The maximum Gasteiger partial charge on any atom is 0.244 e. The lowest BCUT2D eigenvalue weighted by molar-refractivity contribution is -0.118. The minimum atomic E-state index is -1.28. The predicted molar refractivity (Wildman–Crippen MR) is 104 cm³/mol. The molecule has 132 valence electrons. The highest BCUT2D eigenvalue weighted by Crippen LogP contribution is 2.56. The summed E-state index contributed by atoms with van der Waals surface area (Å²) in [6, 6.07) is 15.0. The maximum atomic E-state index is 13.3. The van der Waals surface area contributed by atoms with Crippen molar-refractivity contribution in [2.45, 2.75) is 10.3 Å². The number of carbonyl (C=O) groups is 1. The molecule has 3 N–H and O–H groups in total. The summed E-state index contributed by atoms with van der Waals surface area (Å²) in [5, 5.41) is 13.3. The molecule has 0 fully saturated rings. The van der Waals surface area contributed by atoms with Crippen molar-refractivity contribution < 1.29 is 9.53 Å². The highest BCUT2D eigenvalue weighted by molar-refractivity contribution is 7.99. The number of nitriles is 1. The third kappa shape index (κ3) is 1.98. The summed E-state index contributed by atoms with van der Waals surface area (Å²) in [5.41, 5.74) is 7.88. The summed E-state index contributed by atoms with van der Waals surface area (Å²) in [6.07, 6.45) is 0. The van der Waals surface area contributed by atoms with E-state index in [-0.39, 0.29) is 17.4 Å². The van der Waals surface area contributed by atoms with Gasteiger partial charge in [-0.15, -0.1) is 11.8 Å². The lowest BCUT2D eigenvalue weighted by atomic mass is 9.68. The van der Waals surface area contributed by atoms with Crippen LogP contribution < -0.4 is 11.1 Å². The topological polar surface area (TPSA) is 88.1 Å². The molecular formula is C20H12ClN3O2S. The van der Waals surface area contributed by atoms with Gasteiger partial charge in [0.15, 0.2) is 0 Å². The number of carbonyl (C=O) groups excluding carboxylic acids is 1. The van der Waals surface area contributed by atoms with Crippen LogP contribution in [0.25, 0.3) is 5.76 Å². The summed E-state index contributed by atoms with van der Waals surface area (Å²) < 4.78 is 5.89. The number of anilines is 1. The van der Waals surface area contributed by atoms with Gasteiger partial charge in [0.2, 0.25) is 11.8 Å². The molecule has 3 aliphatic heterocycles. The fraction of sp³-hybridized carbons (Fsp3) is 0.100.